The number of rotatable bonds is 4. The van der Waals surface area contributed by atoms with Gasteiger partial charge in [-0.1, -0.05) is 0 Å². The summed E-state index contributed by atoms with van der Waals surface area (Å²) < 4.78 is 24.2. The summed E-state index contributed by atoms with van der Waals surface area (Å²) in [5.74, 6) is 0.808. The average Bonchev–Trinajstić information content (AvgIpc) is 2.14. The quantitative estimate of drug-likeness (QED) is 0.801. The molecule has 0 spiro atoms. The molecule has 0 radical (unpaired) electrons. The van der Waals surface area contributed by atoms with E-state index < -0.39 is 10.0 Å². The molecule has 0 bridgehead atoms. The Morgan fingerprint density at radius 1 is 1.47 bits per heavy atom. The van der Waals surface area contributed by atoms with Gasteiger partial charge in [0.25, 0.3) is 0 Å². The molecule has 0 unspecified atom stereocenters. The Hall–Kier alpha value is -1.14. The lowest BCUT2D eigenvalue weighted by Crippen LogP contribution is -2.21. The molecule has 0 aliphatic rings. The van der Waals surface area contributed by atoms with Gasteiger partial charge in [-0.3, -0.25) is 0 Å². The van der Waals surface area contributed by atoms with E-state index in [-0.39, 0.29) is 0 Å². The lowest BCUT2D eigenvalue weighted by molar-refractivity contribution is 0.587. The van der Waals surface area contributed by atoms with Gasteiger partial charge in [0.1, 0.15) is 5.82 Å². The van der Waals surface area contributed by atoms with Crippen molar-refractivity contribution in [2.24, 2.45) is 0 Å². The third-order valence-electron chi connectivity index (χ3n) is 1.81. The fourth-order valence-corrected chi connectivity index (χ4v) is 1.46. The Bertz CT molecular complexity index is 429. The molecule has 1 heterocycles. The van der Waals surface area contributed by atoms with Crippen LogP contribution in [0.15, 0.2) is 18.3 Å². The Balaban J connectivity index is 2.74. The third-order valence-corrected chi connectivity index (χ3v) is 2.48. The molecule has 84 valence electrons. The lowest BCUT2D eigenvalue weighted by atomic mass is 10.2. The summed E-state index contributed by atoms with van der Waals surface area (Å²) in [5.41, 5.74) is 0.888. The number of hydrogen-bond acceptors (Lipinski definition) is 4. The molecule has 1 aromatic heterocycles. The predicted molar refractivity (Wildman–Crippen MR) is 60.2 cm³/mol. The molecule has 0 atom stereocenters. The normalized spacial score (nSPS) is 11.4. The van der Waals surface area contributed by atoms with Crippen LogP contribution in [0.5, 0.6) is 0 Å². The summed E-state index contributed by atoms with van der Waals surface area (Å²) in [6.07, 6.45) is 2.80. The van der Waals surface area contributed by atoms with Crippen LogP contribution < -0.4 is 9.62 Å². The minimum Gasteiger partial charge on any atom is -0.363 e. The van der Waals surface area contributed by atoms with Gasteiger partial charge in [0.2, 0.25) is 10.0 Å². The molecular formula is C9H15N3O2S. The predicted octanol–water partition coefficient (Wildman–Crippen LogP) is 0.197. The first-order chi connectivity index (χ1) is 6.88. The first-order valence-corrected chi connectivity index (χ1v) is 6.34. The molecule has 0 aliphatic carbocycles. The molecule has 6 heteroatoms. The average molecular weight is 229 g/mol. The van der Waals surface area contributed by atoms with Gasteiger partial charge >= 0.3 is 0 Å². The first-order valence-electron chi connectivity index (χ1n) is 4.45. The van der Waals surface area contributed by atoms with Gasteiger partial charge < -0.3 is 4.90 Å². The molecule has 0 saturated heterocycles. The lowest BCUT2D eigenvalue weighted by Gasteiger charge is -2.12. The standard InChI is InChI=1S/C9H15N3O2S/c1-12(2)9-6-8(4-5-10-9)7-11-15(3,13)14/h4-6,11H,7H2,1-3H3. The number of pyridine rings is 1. The second kappa shape index (κ2) is 4.59. The van der Waals surface area contributed by atoms with Crippen molar-refractivity contribution >= 4 is 15.8 Å². The van der Waals surface area contributed by atoms with Crippen LogP contribution >= 0.6 is 0 Å². The molecule has 1 rings (SSSR count). The van der Waals surface area contributed by atoms with E-state index in [1.807, 2.05) is 25.1 Å². The summed E-state index contributed by atoms with van der Waals surface area (Å²) in [5, 5.41) is 0. The number of hydrogen-bond donors (Lipinski definition) is 1. The Labute approximate surface area is 90.2 Å². The van der Waals surface area contributed by atoms with Crippen molar-refractivity contribution in [2.45, 2.75) is 6.54 Å². The van der Waals surface area contributed by atoms with E-state index in [4.69, 9.17) is 0 Å². The second-order valence-electron chi connectivity index (χ2n) is 3.51. The van der Waals surface area contributed by atoms with E-state index in [1.54, 1.807) is 12.3 Å². The Morgan fingerprint density at radius 2 is 2.13 bits per heavy atom. The van der Waals surface area contributed by atoms with Gasteiger partial charge in [0.05, 0.1) is 6.26 Å². The van der Waals surface area contributed by atoms with Gasteiger partial charge in [-0.25, -0.2) is 18.1 Å². The Morgan fingerprint density at radius 3 is 2.67 bits per heavy atom. The molecule has 1 N–H and O–H groups in total. The number of aromatic nitrogens is 1. The maximum absolute atomic E-state index is 10.9. The van der Waals surface area contributed by atoms with Crippen LogP contribution in [0.2, 0.25) is 0 Å². The van der Waals surface area contributed by atoms with Gasteiger partial charge in [-0.05, 0) is 17.7 Å². The molecule has 0 aliphatic heterocycles. The molecule has 15 heavy (non-hydrogen) atoms. The minimum absolute atomic E-state index is 0.294. The summed E-state index contributed by atoms with van der Waals surface area (Å²) in [6, 6.07) is 3.63. The molecule has 0 amide bonds. The van der Waals surface area contributed by atoms with E-state index in [0.717, 1.165) is 17.6 Å². The highest BCUT2D eigenvalue weighted by atomic mass is 32.2. The number of sulfonamides is 1. The zero-order chi connectivity index (χ0) is 11.5. The molecule has 0 fully saturated rings. The van der Waals surface area contributed by atoms with Crippen molar-refractivity contribution < 1.29 is 8.42 Å². The zero-order valence-electron chi connectivity index (χ0n) is 9.06. The van der Waals surface area contributed by atoms with E-state index >= 15 is 0 Å². The summed E-state index contributed by atoms with van der Waals surface area (Å²) in [4.78, 5) is 6.00. The van der Waals surface area contributed by atoms with Gasteiger partial charge in [-0.2, -0.15) is 0 Å². The number of nitrogens with one attached hydrogen (secondary N) is 1. The van der Waals surface area contributed by atoms with Crippen LogP contribution in [0.25, 0.3) is 0 Å². The van der Waals surface area contributed by atoms with Crippen molar-refractivity contribution in [3.63, 3.8) is 0 Å². The van der Waals surface area contributed by atoms with E-state index in [2.05, 4.69) is 9.71 Å². The van der Waals surface area contributed by atoms with Crippen LogP contribution in [0.4, 0.5) is 5.82 Å². The van der Waals surface area contributed by atoms with Gasteiger partial charge in [-0.15, -0.1) is 0 Å². The molecular weight excluding hydrogens is 214 g/mol. The molecule has 0 saturated carbocycles. The maximum Gasteiger partial charge on any atom is 0.209 e. The third kappa shape index (κ3) is 4.26. The van der Waals surface area contributed by atoms with Crippen LogP contribution in [-0.4, -0.2) is 33.8 Å². The largest absolute Gasteiger partial charge is 0.363 e. The van der Waals surface area contributed by atoms with E-state index in [1.165, 1.54) is 0 Å². The highest BCUT2D eigenvalue weighted by molar-refractivity contribution is 7.88. The van der Waals surface area contributed by atoms with Crippen molar-refractivity contribution in [2.75, 3.05) is 25.3 Å². The van der Waals surface area contributed by atoms with Crippen molar-refractivity contribution in [3.05, 3.63) is 23.9 Å². The van der Waals surface area contributed by atoms with Crippen LogP contribution in [-0.2, 0) is 16.6 Å². The molecule has 5 nitrogen and oxygen atoms in total. The fourth-order valence-electron chi connectivity index (χ4n) is 1.03. The van der Waals surface area contributed by atoms with Gasteiger partial charge in [0.15, 0.2) is 0 Å². The SMILES string of the molecule is CN(C)c1cc(CNS(C)(=O)=O)ccn1. The van der Waals surface area contributed by atoms with Crippen molar-refractivity contribution in [1.82, 2.24) is 9.71 Å². The highest BCUT2D eigenvalue weighted by Crippen LogP contribution is 2.09. The summed E-state index contributed by atoms with van der Waals surface area (Å²) >= 11 is 0. The number of nitrogens with zero attached hydrogens (tertiary/aromatic N) is 2. The Kier molecular flexibility index (Phi) is 3.65. The smallest absolute Gasteiger partial charge is 0.209 e. The zero-order valence-corrected chi connectivity index (χ0v) is 9.87. The topological polar surface area (TPSA) is 62.3 Å². The van der Waals surface area contributed by atoms with Crippen LogP contribution in [0, 0.1) is 0 Å². The number of anilines is 1. The summed E-state index contributed by atoms with van der Waals surface area (Å²) in [6.45, 7) is 0.294. The monoisotopic (exact) mass is 229 g/mol. The van der Waals surface area contributed by atoms with Crippen LogP contribution in [0.1, 0.15) is 5.56 Å². The van der Waals surface area contributed by atoms with Crippen molar-refractivity contribution in [3.8, 4) is 0 Å². The van der Waals surface area contributed by atoms with Crippen LogP contribution in [0.3, 0.4) is 0 Å². The maximum atomic E-state index is 10.9. The molecule has 0 aromatic carbocycles. The molecule has 1 aromatic rings. The van der Waals surface area contributed by atoms with E-state index in [0.29, 0.717) is 6.54 Å². The van der Waals surface area contributed by atoms with E-state index in [9.17, 15) is 8.42 Å². The summed E-state index contributed by atoms with van der Waals surface area (Å²) in [7, 11) is 0.631. The van der Waals surface area contributed by atoms with Crippen molar-refractivity contribution in [1.29, 1.82) is 0 Å². The second-order valence-corrected chi connectivity index (χ2v) is 5.34. The minimum atomic E-state index is -3.14. The van der Waals surface area contributed by atoms with Gasteiger partial charge in [0, 0.05) is 26.8 Å². The first kappa shape index (κ1) is 11.9. The highest BCUT2D eigenvalue weighted by Gasteiger charge is 2.02. The fraction of sp³-hybridized carbons (Fsp3) is 0.444.